The van der Waals surface area contributed by atoms with Crippen molar-refractivity contribution in [2.24, 2.45) is 0 Å². The van der Waals surface area contributed by atoms with E-state index in [-0.39, 0.29) is 5.69 Å². The van der Waals surface area contributed by atoms with Crippen LogP contribution in [0.4, 0.5) is 11.4 Å². The third-order valence-corrected chi connectivity index (χ3v) is 3.47. The molecule has 72 valence electrons. The maximum absolute atomic E-state index is 10.6. The van der Waals surface area contributed by atoms with Crippen LogP contribution in [0.15, 0.2) is 22.0 Å². The van der Waals surface area contributed by atoms with Crippen LogP contribution in [-0.2, 0) is 0 Å². The lowest BCUT2D eigenvalue weighted by molar-refractivity contribution is -0.385. The van der Waals surface area contributed by atoms with Gasteiger partial charge in [0, 0.05) is 21.5 Å². The maximum Gasteiger partial charge on any atom is 0.284 e. The minimum Gasteiger partial charge on any atom is -0.398 e. The lowest BCUT2D eigenvalue weighted by Gasteiger charge is -1.96. The van der Waals surface area contributed by atoms with E-state index in [9.17, 15) is 10.1 Å². The molecule has 2 rings (SSSR count). The summed E-state index contributed by atoms with van der Waals surface area (Å²) in [6.45, 7) is 0. The highest BCUT2D eigenvalue weighted by atomic mass is 79.9. The molecule has 2 N–H and O–H groups in total. The number of rotatable bonds is 1. The second kappa shape index (κ2) is 3.21. The van der Waals surface area contributed by atoms with Gasteiger partial charge in [0.1, 0.15) is 0 Å². The first-order valence-electron chi connectivity index (χ1n) is 3.70. The molecule has 4 nitrogen and oxygen atoms in total. The van der Waals surface area contributed by atoms with E-state index in [0.29, 0.717) is 10.2 Å². The number of hydrogen-bond acceptors (Lipinski definition) is 4. The van der Waals surface area contributed by atoms with Gasteiger partial charge in [-0.05, 0) is 22.0 Å². The molecule has 1 aromatic carbocycles. The zero-order valence-electron chi connectivity index (χ0n) is 6.86. The van der Waals surface area contributed by atoms with E-state index >= 15 is 0 Å². The van der Waals surface area contributed by atoms with Gasteiger partial charge in [0.25, 0.3) is 5.69 Å². The Morgan fingerprint density at radius 2 is 2.21 bits per heavy atom. The van der Waals surface area contributed by atoms with E-state index in [1.165, 1.54) is 17.4 Å². The Bertz CT molecular complexity index is 523. The number of nitrogens with two attached hydrogens (primary N) is 1. The molecule has 0 aliphatic rings. The van der Waals surface area contributed by atoms with Crippen LogP contribution in [0.3, 0.4) is 0 Å². The summed E-state index contributed by atoms with van der Waals surface area (Å²) in [5, 5.41) is 13.3. The molecule has 0 atom stereocenters. The van der Waals surface area contributed by atoms with E-state index in [1.807, 2.05) is 0 Å². The maximum atomic E-state index is 10.6. The Morgan fingerprint density at radius 1 is 1.50 bits per heavy atom. The molecule has 0 amide bonds. The fraction of sp³-hybridized carbons (Fsp3) is 0. The van der Waals surface area contributed by atoms with E-state index in [2.05, 4.69) is 15.9 Å². The van der Waals surface area contributed by atoms with Crippen molar-refractivity contribution in [3.05, 3.63) is 32.1 Å². The number of nitro benzene ring substituents is 1. The van der Waals surface area contributed by atoms with Crippen molar-refractivity contribution in [3.8, 4) is 0 Å². The summed E-state index contributed by atoms with van der Waals surface area (Å²) in [5.41, 5.74) is 6.41. The molecule has 0 bridgehead atoms. The van der Waals surface area contributed by atoms with Gasteiger partial charge < -0.3 is 5.73 Å². The Kier molecular flexibility index (Phi) is 2.16. The van der Waals surface area contributed by atoms with Crippen LogP contribution in [0.2, 0.25) is 0 Å². The minimum atomic E-state index is -0.417. The average Bonchev–Trinajstić information content (AvgIpc) is 2.46. The number of nitrogen functional groups attached to an aromatic ring is 1. The highest BCUT2D eigenvalue weighted by Gasteiger charge is 2.14. The third kappa shape index (κ3) is 1.36. The molecule has 0 saturated carbocycles. The van der Waals surface area contributed by atoms with Crippen LogP contribution >= 0.6 is 27.3 Å². The van der Waals surface area contributed by atoms with Gasteiger partial charge in [0.2, 0.25) is 0 Å². The number of nitrogens with zero attached hydrogens (tertiary/aromatic N) is 1. The lowest BCUT2D eigenvalue weighted by Crippen LogP contribution is -1.89. The average molecular weight is 273 g/mol. The third-order valence-electron chi connectivity index (χ3n) is 1.87. The Labute approximate surface area is 91.6 Å². The normalized spacial score (nSPS) is 10.6. The van der Waals surface area contributed by atoms with Crippen molar-refractivity contribution in [1.82, 2.24) is 0 Å². The van der Waals surface area contributed by atoms with E-state index < -0.39 is 4.92 Å². The first-order valence-corrected chi connectivity index (χ1v) is 5.37. The molecule has 0 fully saturated rings. The quantitative estimate of drug-likeness (QED) is 0.641. The molecule has 0 radical (unpaired) electrons. The molecule has 6 heteroatoms. The summed E-state index contributed by atoms with van der Waals surface area (Å²) in [6.07, 6.45) is 0. The summed E-state index contributed by atoms with van der Waals surface area (Å²) in [5.74, 6) is 0. The van der Waals surface area contributed by atoms with Crippen molar-refractivity contribution in [2.45, 2.75) is 0 Å². The van der Waals surface area contributed by atoms with E-state index in [0.717, 1.165) is 10.1 Å². The largest absolute Gasteiger partial charge is 0.398 e. The van der Waals surface area contributed by atoms with Gasteiger partial charge in [-0.25, -0.2) is 0 Å². The first kappa shape index (κ1) is 9.42. The Balaban J connectivity index is 2.79. The number of hydrogen-bond donors (Lipinski definition) is 1. The number of fused-ring (bicyclic) bond motifs is 1. The summed E-state index contributed by atoms with van der Waals surface area (Å²) in [6, 6.07) is 3.21. The Morgan fingerprint density at radius 3 is 2.86 bits per heavy atom. The number of thiophene rings is 1. The van der Waals surface area contributed by atoms with Gasteiger partial charge in [-0.15, -0.1) is 11.3 Å². The van der Waals surface area contributed by atoms with Gasteiger partial charge in [-0.1, -0.05) is 0 Å². The predicted molar refractivity (Wildman–Crippen MR) is 60.6 cm³/mol. The van der Waals surface area contributed by atoms with Crippen LogP contribution in [0.5, 0.6) is 0 Å². The second-order valence-electron chi connectivity index (χ2n) is 2.75. The highest BCUT2D eigenvalue weighted by Crippen LogP contribution is 2.36. The number of halogens is 1. The smallest absolute Gasteiger partial charge is 0.284 e. The van der Waals surface area contributed by atoms with Crippen LogP contribution in [0.25, 0.3) is 10.1 Å². The zero-order chi connectivity index (χ0) is 10.3. The number of anilines is 1. The molecular formula is C8H5BrN2O2S. The fourth-order valence-electron chi connectivity index (χ4n) is 1.20. The molecular weight excluding hydrogens is 268 g/mol. The van der Waals surface area contributed by atoms with Gasteiger partial charge in [-0.2, -0.15) is 0 Å². The number of nitro groups is 1. The summed E-state index contributed by atoms with van der Waals surface area (Å²) < 4.78 is 1.29. The Hall–Kier alpha value is -1.14. The van der Waals surface area contributed by atoms with Gasteiger partial charge >= 0.3 is 0 Å². The van der Waals surface area contributed by atoms with Gasteiger partial charge in [-0.3, -0.25) is 10.1 Å². The lowest BCUT2D eigenvalue weighted by atomic mass is 10.2. The second-order valence-corrected chi connectivity index (χ2v) is 4.51. The van der Waals surface area contributed by atoms with Crippen molar-refractivity contribution in [1.29, 1.82) is 0 Å². The summed E-state index contributed by atoms with van der Waals surface area (Å²) in [7, 11) is 0. The number of benzene rings is 1. The molecule has 0 aliphatic carbocycles. The van der Waals surface area contributed by atoms with Gasteiger partial charge in [0.05, 0.1) is 15.1 Å². The van der Waals surface area contributed by atoms with E-state index in [1.54, 1.807) is 11.4 Å². The molecule has 2 aromatic rings. The van der Waals surface area contributed by atoms with E-state index in [4.69, 9.17) is 5.73 Å². The summed E-state index contributed by atoms with van der Waals surface area (Å²) in [4.78, 5) is 10.2. The molecule has 1 heterocycles. The van der Waals surface area contributed by atoms with Crippen LogP contribution in [0.1, 0.15) is 0 Å². The van der Waals surface area contributed by atoms with Crippen molar-refractivity contribution < 1.29 is 4.92 Å². The van der Waals surface area contributed by atoms with Crippen LogP contribution in [-0.4, -0.2) is 4.92 Å². The summed E-state index contributed by atoms with van der Waals surface area (Å²) >= 11 is 4.55. The van der Waals surface area contributed by atoms with Gasteiger partial charge in [0.15, 0.2) is 0 Å². The molecule has 0 spiro atoms. The fourth-order valence-corrected chi connectivity index (χ4v) is 2.55. The minimum absolute atomic E-state index is 0.0688. The van der Waals surface area contributed by atoms with Crippen LogP contribution < -0.4 is 5.73 Å². The first-order chi connectivity index (χ1) is 6.59. The van der Waals surface area contributed by atoms with Crippen LogP contribution in [0, 0.1) is 10.1 Å². The zero-order valence-corrected chi connectivity index (χ0v) is 9.26. The van der Waals surface area contributed by atoms with Crippen molar-refractivity contribution in [2.75, 3.05) is 5.73 Å². The molecule has 14 heavy (non-hydrogen) atoms. The molecule has 0 unspecified atom stereocenters. The predicted octanol–water partition coefficient (Wildman–Crippen LogP) is 3.15. The van der Waals surface area contributed by atoms with Crippen molar-refractivity contribution in [3.63, 3.8) is 0 Å². The molecule has 1 aromatic heterocycles. The van der Waals surface area contributed by atoms with Crippen molar-refractivity contribution >= 4 is 48.7 Å². The highest BCUT2D eigenvalue weighted by molar-refractivity contribution is 9.10. The molecule has 0 saturated heterocycles. The SMILES string of the molecule is Nc1csc2cc([N+](=O)[O-])c(Br)cc12. The monoisotopic (exact) mass is 272 g/mol. The standard InChI is InChI=1S/C8H5BrN2O2S/c9-5-1-4-6(10)3-14-8(4)2-7(5)11(12)13/h1-3H,10H2. The topological polar surface area (TPSA) is 69.2 Å². The molecule has 0 aliphatic heterocycles.